The predicted octanol–water partition coefficient (Wildman–Crippen LogP) is 4.21. The van der Waals surface area contributed by atoms with Gasteiger partial charge in [0.25, 0.3) is 5.56 Å². The molecule has 0 atom stereocenters. The van der Waals surface area contributed by atoms with E-state index in [9.17, 15) is 4.79 Å². The zero-order valence-corrected chi connectivity index (χ0v) is 16.8. The number of hydrogen-bond acceptors (Lipinski definition) is 6. The van der Waals surface area contributed by atoms with Crippen molar-refractivity contribution in [1.82, 2.24) is 19.7 Å². The number of thioether (sulfide) groups is 1. The SMILES string of the molecule is CSc1ccn(Cc2[nH]nc3ncccc23)c(=O)c1Oc1cc(Cl)cc(C#N)c1. The summed E-state index contributed by atoms with van der Waals surface area (Å²) in [5.74, 6) is 0.503. The van der Waals surface area contributed by atoms with Crippen LogP contribution in [0.4, 0.5) is 0 Å². The molecular formula is C20H14ClN5O2S. The average molecular weight is 424 g/mol. The van der Waals surface area contributed by atoms with Gasteiger partial charge in [0.15, 0.2) is 5.65 Å². The number of benzene rings is 1. The van der Waals surface area contributed by atoms with Gasteiger partial charge >= 0.3 is 0 Å². The largest absolute Gasteiger partial charge is 0.450 e. The van der Waals surface area contributed by atoms with Crippen molar-refractivity contribution < 1.29 is 4.74 Å². The van der Waals surface area contributed by atoms with Crippen molar-refractivity contribution in [2.75, 3.05) is 6.26 Å². The number of aromatic amines is 1. The predicted molar refractivity (Wildman–Crippen MR) is 112 cm³/mol. The highest BCUT2D eigenvalue weighted by atomic mass is 35.5. The summed E-state index contributed by atoms with van der Waals surface area (Å²) in [4.78, 5) is 18.0. The Bertz CT molecular complexity index is 1310. The van der Waals surface area contributed by atoms with Gasteiger partial charge in [0.05, 0.1) is 28.8 Å². The van der Waals surface area contributed by atoms with Gasteiger partial charge < -0.3 is 9.30 Å². The number of nitrogens with one attached hydrogen (secondary N) is 1. The number of hydrogen-bond donors (Lipinski definition) is 1. The molecule has 144 valence electrons. The number of aromatic nitrogens is 4. The standard InChI is InChI=1S/C20H14ClN5O2S/c1-29-17-4-6-26(11-16-15-3-2-5-23-19(15)25-24-16)20(27)18(17)28-14-8-12(10-22)7-13(21)9-14/h2-9H,11H2,1H3,(H,23,24,25). The van der Waals surface area contributed by atoms with Gasteiger partial charge in [-0.05, 0) is 42.7 Å². The summed E-state index contributed by atoms with van der Waals surface area (Å²) in [5.41, 5.74) is 1.41. The highest BCUT2D eigenvalue weighted by molar-refractivity contribution is 7.98. The summed E-state index contributed by atoms with van der Waals surface area (Å²) >= 11 is 7.45. The van der Waals surface area contributed by atoms with Crippen LogP contribution >= 0.6 is 23.4 Å². The summed E-state index contributed by atoms with van der Waals surface area (Å²) in [7, 11) is 0. The van der Waals surface area contributed by atoms with E-state index in [0.717, 1.165) is 11.1 Å². The van der Waals surface area contributed by atoms with Crippen LogP contribution in [-0.2, 0) is 6.54 Å². The van der Waals surface area contributed by atoms with Gasteiger partial charge in [-0.1, -0.05) is 11.6 Å². The van der Waals surface area contributed by atoms with E-state index in [1.165, 1.54) is 22.4 Å². The first-order valence-corrected chi connectivity index (χ1v) is 10.1. The lowest BCUT2D eigenvalue weighted by atomic mass is 10.2. The lowest BCUT2D eigenvalue weighted by Gasteiger charge is -2.13. The van der Waals surface area contributed by atoms with E-state index >= 15 is 0 Å². The van der Waals surface area contributed by atoms with Crippen molar-refractivity contribution in [3.63, 3.8) is 0 Å². The minimum Gasteiger partial charge on any atom is -0.450 e. The number of rotatable bonds is 5. The summed E-state index contributed by atoms with van der Waals surface area (Å²) in [6.45, 7) is 0.283. The molecular weight excluding hydrogens is 410 g/mol. The number of pyridine rings is 2. The highest BCUT2D eigenvalue weighted by Crippen LogP contribution is 2.30. The molecule has 7 nitrogen and oxygen atoms in total. The number of nitrogens with zero attached hydrogens (tertiary/aromatic N) is 4. The molecule has 0 aliphatic rings. The van der Waals surface area contributed by atoms with Gasteiger partial charge in [0.2, 0.25) is 5.75 Å². The molecule has 0 fully saturated rings. The number of nitriles is 1. The minimum absolute atomic E-state index is 0.174. The van der Waals surface area contributed by atoms with E-state index in [1.807, 2.05) is 30.5 Å². The summed E-state index contributed by atoms with van der Waals surface area (Å²) in [6, 6.07) is 12.2. The molecule has 3 heterocycles. The lowest BCUT2D eigenvalue weighted by Crippen LogP contribution is -2.22. The van der Waals surface area contributed by atoms with Crippen LogP contribution in [0.2, 0.25) is 5.02 Å². The monoisotopic (exact) mass is 423 g/mol. The molecule has 0 aliphatic heterocycles. The zero-order valence-electron chi connectivity index (χ0n) is 15.2. The Labute approximate surface area is 174 Å². The van der Waals surface area contributed by atoms with Crippen molar-refractivity contribution in [3.8, 4) is 17.6 Å². The van der Waals surface area contributed by atoms with Crippen molar-refractivity contribution in [3.05, 3.63) is 75.4 Å². The normalized spacial score (nSPS) is 10.8. The fraction of sp³-hybridized carbons (Fsp3) is 0.100. The fourth-order valence-corrected chi connectivity index (χ4v) is 3.65. The second-order valence-electron chi connectivity index (χ2n) is 6.11. The van der Waals surface area contributed by atoms with Crippen molar-refractivity contribution in [1.29, 1.82) is 5.26 Å². The van der Waals surface area contributed by atoms with Gasteiger partial charge in [-0.2, -0.15) is 10.4 Å². The summed E-state index contributed by atoms with van der Waals surface area (Å²) in [6.07, 6.45) is 5.24. The topological polar surface area (TPSA) is 96.6 Å². The molecule has 0 saturated carbocycles. The first kappa shape index (κ1) is 19.1. The van der Waals surface area contributed by atoms with E-state index in [0.29, 0.717) is 26.9 Å². The second-order valence-corrected chi connectivity index (χ2v) is 7.40. The van der Waals surface area contributed by atoms with Crippen LogP contribution in [0.3, 0.4) is 0 Å². The zero-order chi connectivity index (χ0) is 20.4. The molecule has 0 spiro atoms. The first-order chi connectivity index (χ1) is 14.1. The van der Waals surface area contributed by atoms with E-state index in [1.54, 1.807) is 24.5 Å². The molecule has 29 heavy (non-hydrogen) atoms. The van der Waals surface area contributed by atoms with Crippen LogP contribution in [0.5, 0.6) is 11.5 Å². The first-order valence-electron chi connectivity index (χ1n) is 8.53. The van der Waals surface area contributed by atoms with Crippen molar-refractivity contribution >= 4 is 34.4 Å². The fourth-order valence-electron chi connectivity index (χ4n) is 2.91. The van der Waals surface area contributed by atoms with Crippen LogP contribution in [-0.4, -0.2) is 26.0 Å². The second kappa shape index (κ2) is 7.99. The van der Waals surface area contributed by atoms with Crippen LogP contribution in [0.15, 0.2) is 58.5 Å². The molecule has 0 unspecified atom stereocenters. The average Bonchev–Trinajstić information content (AvgIpc) is 3.13. The molecule has 0 radical (unpaired) electrons. The van der Waals surface area contributed by atoms with E-state index < -0.39 is 0 Å². The number of H-pyrrole nitrogens is 1. The van der Waals surface area contributed by atoms with E-state index in [4.69, 9.17) is 21.6 Å². The maximum absolute atomic E-state index is 13.1. The molecule has 1 N–H and O–H groups in total. The lowest BCUT2D eigenvalue weighted by molar-refractivity contribution is 0.455. The third-order valence-corrected chi connectivity index (χ3v) is 5.24. The Morgan fingerprint density at radius 3 is 3.00 bits per heavy atom. The van der Waals surface area contributed by atoms with Crippen LogP contribution in [0.25, 0.3) is 11.0 Å². The molecule has 0 bridgehead atoms. The summed E-state index contributed by atoms with van der Waals surface area (Å²) in [5, 5.41) is 17.4. The molecule has 1 aromatic carbocycles. The van der Waals surface area contributed by atoms with Crippen molar-refractivity contribution in [2.45, 2.75) is 11.4 Å². The van der Waals surface area contributed by atoms with Crippen LogP contribution < -0.4 is 10.3 Å². The van der Waals surface area contributed by atoms with Crippen LogP contribution in [0, 0.1) is 11.3 Å². The van der Waals surface area contributed by atoms with E-state index in [-0.39, 0.29) is 17.9 Å². The van der Waals surface area contributed by atoms with Gasteiger partial charge in [-0.15, -0.1) is 11.8 Å². The maximum atomic E-state index is 13.1. The Morgan fingerprint density at radius 2 is 2.21 bits per heavy atom. The third-order valence-electron chi connectivity index (χ3n) is 4.26. The molecule has 4 rings (SSSR count). The number of fused-ring (bicyclic) bond motifs is 1. The molecule has 0 aliphatic carbocycles. The number of ether oxygens (including phenoxy) is 1. The maximum Gasteiger partial charge on any atom is 0.295 e. The molecule has 0 saturated heterocycles. The van der Waals surface area contributed by atoms with Gasteiger partial charge in [-0.3, -0.25) is 9.89 Å². The van der Waals surface area contributed by atoms with Gasteiger partial charge in [-0.25, -0.2) is 4.98 Å². The number of halogens is 1. The molecule has 4 aromatic rings. The van der Waals surface area contributed by atoms with Gasteiger partial charge in [0, 0.05) is 22.8 Å². The highest BCUT2D eigenvalue weighted by Gasteiger charge is 2.15. The quantitative estimate of drug-likeness (QED) is 0.483. The smallest absolute Gasteiger partial charge is 0.295 e. The molecule has 9 heteroatoms. The van der Waals surface area contributed by atoms with E-state index in [2.05, 4.69) is 15.2 Å². The Kier molecular flexibility index (Phi) is 5.25. The van der Waals surface area contributed by atoms with Crippen molar-refractivity contribution in [2.24, 2.45) is 0 Å². The Hall–Kier alpha value is -3.28. The third kappa shape index (κ3) is 3.83. The Morgan fingerprint density at radius 1 is 1.34 bits per heavy atom. The summed E-state index contributed by atoms with van der Waals surface area (Å²) < 4.78 is 7.41. The van der Waals surface area contributed by atoms with Crippen LogP contribution in [0.1, 0.15) is 11.3 Å². The molecule has 0 amide bonds. The minimum atomic E-state index is -0.304. The van der Waals surface area contributed by atoms with Gasteiger partial charge in [0.1, 0.15) is 5.75 Å². The Balaban J connectivity index is 1.74. The molecule has 3 aromatic heterocycles.